The maximum absolute atomic E-state index is 6.04. The molecule has 0 heterocycles. The minimum Gasteiger partial charge on any atom is -0.381 e. The highest BCUT2D eigenvalue weighted by atomic mass is 16.5. The summed E-state index contributed by atoms with van der Waals surface area (Å²) in [6, 6.07) is 0. The van der Waals surface area contributed by atoms with Gasteiger partial charge in [0.25, 0.3) is 0 Å². The maximum Gasteiger partial charge on any atom is 0.0534 e. The van der Waals surface area contributed by atoms with Crippen LogP contribution in [0.5, 0.6) is 0 Å². The summed E-state index contributed by atoms with van der Waals surface area (Å²) in [5.41, 5.74) is 0.687. The zero-order valence-electron chi connectivity index (χ0n) is 12.3. The topological polar surface area (TPSA) is 21.3 Å². The summed E-state index contributed by atoms with van der Waals surface area (Å²) in [6.07, 6.45) is 7.12. The lowest BCUT2D eigenvalue weighted by Gasteiger charge is -2.34. The van der Waals surface area contributed by atoms with Crippen LogP contribution in [0, 0.1) is 23.2 Å². The second-order valence-corrected chi connectivity index (χ2v) is 8.23. The molecular weight excluding hydrogens is 222 g/mol. The molecule has 3 saturated carbocycles. The van der Waals surface area contributed by atoms with E-state index in [0.29, 0.717) is 5.41 Å². The van der Waals surface area contributed by atoms with Crippen molar-refractivity contribution >= 4 is 0 Å². The Hall–Kier alpha value is -0.0800. The number of hydrogen-bond donors (Lipinski definition) is 1. The first-order valence-electron chi connectivity index (χ1n) is 7.79. The average molecular weight is 251 g/mol. The molecule has 2 atom stereocenters. The summed E-state index contributed by atoms with van der Waals surface area (Å²) in [7, 11) is 0. The molecule has 0 aromatic rings. The second kappa shape index (κ2) is 4.49. The standard InChI is InChI=1S/C16H29NO/c1-15(2,3)17-10-16(7-13-6-14(13)8-16)11-18-9-12-4-5-12/h12-14,17H,4-11H2,1-3H3. The fraction of sp³-hybridized carbons (Fsp3) is 1.00. The third-order valence-corrected chi connectivity index (χ3v) is 4.91. The molecule has 0 bridgehead atoms. The maximum atomic E-state index is 6.04. The van der Waals surface area contributed by atoms with Gasteiger partial charge in [0.05, 0.1) is 6.61 Å². The molecule has 2 unspecified atom stereocenters. The third-order valence-electron chi connectivity index (χ3n) is 4.91. The first kappa shape index (κ1) is 12.9. The molecule has 0 saturated heterocycles. The Morgan fingerprint density at radius 2 is 1.83 bits per heavy atom. The predicted octanol–water partition coefficient (Wildman–Crippen LogP) is 3.22. The van der Waals surface area contributed by atoms with Crippen LogP contribution < -0.4 is 5.32 Å². The van der Waals surface area contributed by atoms with E-state index in [1.54, 1.807) is 0 Å². The van der Waals surface area contributed by atoms with Crippen molar-refractivity contribution in [3.05, 3.63) is 0 Å². The fourth-order valence-electron chi connectivity index (χ4n) is 3.50. The largest absolute Gasteiger partial charge is 0.381 e. The van der Waals surface area contributed by atoms with Gasteiger partial charge in [0, 0.05) is 24.1 Å². The summed E-state index contributed by atoms with van der Waals surface area (Å²) < 4.78 is 6.04. The van der Waals surface area contributed by atoms with Crippen LogP contribution in [0.1, 0.15) is 52.9 Å². The minimum atomic E-state index is 0.232. The molecule has 2 nitrogen and oxygen atoms in total. The van der Waals surface area contributed by atoms with Gasteiger partial charge in [0.2, 0.25) is 0 Å². The molecule has 1 N–H and O–H groups in total. The van der Waals surface area contributed by atoms with E-state index in [1.807, 2.05) is 0 Å². The van der Waals surface area contributed by atoms with E-state index in [9.17, 15) is 0 Å². The summed E-state index contributed by atoms with van der Waals surface area (Å²) in [4.78, 5) is 0. The van der Waals surface area contributed by atoms with Gasteiger partial charge in [-0.1, -0.05) is 0 Å². The molecule has 3 aliphatic carbocycles. The first-order valence-corrected chi connectivity index (χ1v) is 7.79. The molecule has 18 heavy (non-hydrogen) atoms. The van der Waals surface area contributed by atoms with Gasteiger partial charge in [-0.3, -0.25) is 0 Å². The Balaban J connectivity index is 1.50. The van der Waals surface area contributed by atoms with Gasteiger partial charge >= 0.3 is 0 Å². The van der Waals surface area contributed by atoms with E-state index in [4.69, 9.17) is 4.74 Å². The minimum absolute atomic E-state index is 0.232. The van der Waals surface area contributed by atoms with Gasteiger partial charge in [-0.25, -0.2) is 0 Å². The van der Waals surface area contributed by atoms with Gasteiger partial charge < -0.3 is 10.1 Å². The van der Waals surface area contributed by atoms with Crippen LogP contribution in [0.15, 0.2) is 0 Å². The molecule has 0 aromatic heterocycles. The Morgan fingerprint density at radius 1 is 1.17 bits per heavy atom. The Labute approximate surface area is 112 Å². The quantitative estimate of drug-likeness (QED) is 0.782. The highest BCUT2D eigenvalue weighted by Gasteiger charge is 2.53. The number of hydrogen-bond acceptors (Lipinski definition) is 2. The third kappa shape index (κ3) is 3.27. The van der Waals surface area contributed by atoms with Crippen molar-refractivity contribution in [2.45, 2.75) is 58.4 Å². The van der Waals surface area contributed by atoms with Crippen LogP contribution >= 0.6 is 0 Å². The fourth-order valence-corrected chi connectivity index (χ4v) is 3.50. The Morgan fingerprint density at radius 3 is 2.39 bits per heavy atom. The first-order chi connectivity index (χ1) is 8.46. The highest BCUT2D eigenvalue weighted by molar-refractivity contribution is 5.04. The number of rotatable bonds is 6. The smallest absolute Gasteiger partial charge is 0.0534 e. The zero-order chi connectivity index (χ0) is 12.8. The van der Waals surface area contributed by atoms with E-state index in [0.717, 1.165) is 37.5 Å². The van der Waals surface area contributed by atoms with Gasteiger partial charge in [0.15, 0.2) is 0 Å². The summed E-state index contributed by atoms with van der Waals surface area (Å²) >= 11 is 0. The van der Waals surface area contributed by atoms with Gasteiger partial charge in [-0.15, -0.1) is 0 Å². The van der Waals surface area contributed by atoms with Gasteiger partial charge in [-0.05, 0) is 70.6 Å². The molecular formula is C16H29NO. The molecule has 0 aromatic carbocycles. The van der Waals surface area contributed by atoms with Crippen molar-refractivity contribution in [2.75, 3.05) is 19.8 Å². The molecule has 0 radical (unpaired) electrons. The molecule has 0 amide bonds. The van der Waals surface area contributed by atoms with Crippen molar-refractivity contribution in [2.24, 2.45) is 23.2 Å². The van der Waals surface area contributed by atoms with Crippen LogP contribution in [0.25, 0.3) is 0 Å². The predicted molar refractivity (Wildman–Crippen MR) is 74.6 cm³/mol. The monoisotopic (exact) mass is 251 g/mol. The molecule has 2 heteroatoms. The lowest BCUT2D eigenvalue weighted by Crippen LogP contribution is -2.45. The lowest BCUT2D eigenvalue weighted by atomic mass is 9.83. The number of nitrogens with one attached hydrogen (secondary N) is 1. The van der Waals surface area contributed by atoms with Crippen LogP contribution in [0.2, 0.25) is 0 Å². The van der Waals surface area contributed by atoms with Crippen molar-refractivity contribution in [1.29, 1.82) is 0 Å². The average Bonchev–Trinajstić information content (AvgIpc) is 3.17. The van der Waals surface area contributed by atoms with Crippen molar-refractivity contribution in [3.63, 3.8) is 0 Å². The van der Waals surface area contributed by atoms with Crippen LogP contribution in [0.3, 0.4) is 0 Å². The van der Waals surface area contributed by atoms with Crippen molar-refractivity contribution in [1.82, 2.24) is 5.32 Å². The molecule has 0 aliphatic heterocycles. The normalized spacial score (nSPS) is 38.8. The zero-order valence-corrected chi connectivity index (χ0v) is 12.3. The van der Waals surface area contributed by atoms with Crippen LogP contribution in [0.4, 0.5) is 0 Å². The van der Waals surface area contributed by atoms with E-state index in [1.165, 1.54) is 32.1 Å². The van der Waals surface area contributed by atoms with E-state index in [-0.39, 0.29) is 5.54 Å². The molecule has 3 fully saturated rings. The summed E-state index contributed by atoms with van der Waals surface area (Å²) in [6.45, 7) is 9.96. The number of fused-ring (bicyclic) bond motifs is 1. The van der Waals surface area contributed by atoms with Crippen LogP contribution in [-0.2, 0) is 4.74 Å². The Bertz CT molecular complexity index is 293. The van der Waals surface area contributed by atoms with Gasteiger partial charge in [0.1, 0.15) is 0 Å². The Kier molecular flexibility index (Phi) is 3.22. The van der Waals surface area contributed by atoms with Crippen LogP contribution in [-0.4, -0.2) is 25.3 Å². The molecule has 3 aliphatic rings. The summed E-state index contributed by atoms with van der Waals surface area (Å²) in [5.74, 6) is 2.97. The molecule has 3 rings (SSSR count). The lowest BCUT2D eigenvalue weighted by molar-refractivity contribution is 0.0305. The molecule has 104 valence electrons. The van der Waals surface area contributed by atoms with E-state index < -0.39 is 0 Å². The van der Waals surface area contributed by atoms with Gasteiger partial charge in [-0.2, -0.15) is 0 Å². The highest BCUT2D eigenvalue weighted by Crippen LogP contribution is 2.59. The molecule has 0 spiro atoms. The van der Waals surface area contributed by atoms with Crippen molar-refractivity contribution in [3.8, 4) is 0 Å². The SMILES string of the molecule is CC(C)(C)NCC1(COCC2CC2)CC2CC2C1. The van der Waals surface area contributed by atoms with E-state index in [2.05, 4.69) is 26.1 Å². The second-order valence-electron chi connectivity index (χ2n) is 8.23. The summed E-state index contributed by atoms with van der Waals surface area (Å²) in [5, 5.41) is 3.72. The number of ether oxygens (including phenoxy) is 1. The van der Waals surface area contributed by atoms with E-state index >= 15 is 0 Å². The van der Waals surface area contributed by atoms with Crippen molar-refractivity contribution < 1.29 is 4.74 Å².